The molecule has 1 unspecified atom stereocenters. The van der Waals surface area contributed by atoms with E-state index in [2.05, 4.69) is 27.2 Å². The minimum Gasteiger partial charge on any atom is -0.480 e. The number of nitrogens with two attached hydrogens (primary N) is 1. The number of aromatic nitrogens is 3. The van der Waals surface area contributed by atoms with Gasteiger partial charge in [-0.2, -0.15) is 0 Å². The fraction of sp³-hybridized carbons (Fsp3) is 0.500. The summed E-state index contributed by atoms with van der Waals surface area (Å²) in [5.41, 5.74) is 6.15. The van der Waals surface area contributed by atoms with E-state index in [9.17, 15) is 4.79 Å². The van der Waals surface area contributed by atoms with Crippen molar-refractivity contribution >= 4 is 40.0 Å². The van der Waals surface area contributed by atoms with Crippen molar-refractivity contribution in [3.63, 3.8) is 0 Å². The van der Waals surface area contributed by atoms with E-state index in [0.717, 1.165) is 17.2 Å². The van der Waals surface area contributed by atoms with Crippen molar-refractivity contribution in [2.45, 2.75) is 31.9 Å². The number of thiazole rings is 1. The number of carbonyl (C=O) groups excluding carboxylic acids is 1. The monoisotopic (exact) mass is 434 g/mol. The molecule has 0 radical (unpaired) electrons. The molecule has 0 spiro atoms. The molecule has 0 bridgehead atoms. The number of amidine groups is 1. The molecular weight excluding hydrogens is 412 g/mol. The van der Waals surface area contributed by atoms with Gasteiger partial charge in [0, 0.05) is 17.1 Å². The lowest BCUT2D eigenvalue weighted by Gasteiger charge is -2.44. The van der Waals surface area contributed by atoms with E-state index in [0.29, 0.717) is 29.2 Å². The van der Waals surface area contributed by atoms with Crippen molar-refractivity contribution in [2.24, 2.45) is 16.6 Å². The molecule has 1 amide bonds. The summed E-state index contributed by atoms with van der Waals surface area (Å²) in [6, 6.07) is 0. The van der Waals surface area contributed by atoms with Gasteiger partial charge in [-0.05, 0) is 20.3 Å². The first kappa shape index (κ1) is 20.0. The SMILES string of the molecule is COc1cnc(C(=O)Nc2csc(C34CO[C@@H](C)C[C@H]3CSC(N)=N4)n2)c(C)n1. The molecule has 4 heterocycles. The number of nitrogens with zero attached hydrogens (tertiary/aromatic N) is 4. The van der Waals surface area contributed by atoms with Gasteiger partial charge in [0.25, 0.3) is 5.91 Å². The van der Waals surface area contributed by atoms with E-state index >= 15 is 0 Å². The van der Waals surface area contributed by atoms with Crippen LogP contribution in [0.25, 0.3) is 0 Å². The van der Waals surface area contributed by atoms with E-state index in [1.54, 1.807) is 24.1 Å². The Kier molecular flexibility index (Phi) is 5.45. The molecular formula is C18H22N6O3S2. The van der Waals surface area contributed by atoms with Gasteiger partial charge in [-0.25, -0.2) is 19.9 Å². The number of thioether (sulfide) groups is 1. The van der Waals surface area contributed by atoms with Gasteiger partial charge in [-0.3, -0.25) is 4.79 Å². The average Bonchev–Trinajstić information content (AvgIpc) is 3.17. The van der Waals surface area contributed by atoms with Crippen LogP contribution in [-0.2, 0) is 10.3 Å². The molecule has 2 aliphatic rings. The summed E-state index contributed by atoms with van der Waals surface area (Å²) in [5.74, 6) is 1.60. The van der Waals surface area contributed by atoms with Gasteiger partial charge in [0.2, 0.25) is 5.88 Å². The molecule has 3 N–H and O–H groups in total. The Balaban J connectivity index is 1.58. The van der Waals surface area contributed by atoms with E-state index in [1.165, 1.54) is 24.6 Å². The standard InChI is InChI=1S/C18H22N6O3S2/c1-9-4-11-6-29-17(19)24-18(11,8-27-9)16-23-12(7-28-16)22-15(25)14-10(2)21-13(26-3)5-20-14/h5,7,9,11H,4,6,8H2,1-3H3,(H2,19,24)(H,22,25)/t9-,11-,18?/m0/s1. The zero-order valence-electron chi connectivity index (χ0n) is 16.3. The lowest BCUT2D eigenvalue weighted by Crippen LogP contribution is -2.49. The van der Waals surface area contributed by atoms with E-state index in [4.69, 9.17) is 20.2 Å². The molecule has 29 heavy (non-hydrogen) atoms. The third kappa shape index (κ3) is 3.81. The topological polar surface area (TPSA) is 125 Å². The first-order valence-corrected chi connectivity index (χ1v) is 11.0. The Morgan fingerprint density at radius 1 is 1.45 bits per heavy atom. The minimum absolute atomic E-state index is 0.180. The van der Waals surface area contributed by atoms with Crippen molar-refractivity contribution in [3.8, 4) is 5.88 Å². The van der Waals surface area contributed by atoms with Crippen molar-refractivity contribution in [2.75, 3.05) is 24.8 Å². The number of rotatable bonds is 4. The molecule has 0 aliphatic carbocycles. The van der Waals surface area contributed by atoms with Gasteiger partial charge in [0.1, 0.15) is 22.1 Å². The maximum atomic E-state index is 12.6. The molecule has 2 aliphatic heterocycles. The highest BCUT2D eigenvalue weighted by Crippen LogP contribution is 2.47. The Bertz CT molecular complexity index is 965. The normalized spacial score (nSPS) is 26.4. The molecule has 0 aromatic carbocycles. The Hall–Kier alpha value is -2.24. The predicted octanol–water partition coefficient (Wildman–Crippen LogP) is 2.18. The molecule has 9 nitrogen and oxygen atoms in total. The molecule has 2 aromatic rings. The maximum absolute atomic E-state index is 12.6. The summed E-state index contributed by atoms with van der Waals surface area (Å²) >= 11 is 3.02. The number of amides is 1. The highest BCUT2D eigenvalue weighted by Gasteiger charge is 2.49. The summed E-state index contributed by atoms with van der Waals surface area (Å²) in [7, 11) is 1.50. The highest BCUT2D eigenvalue weighted by molar-refractivity contribution is 8.13. The largest absolute Gasteiger partial charge is 0.480 e. The lowest BCUT2D eigenvalue weighted by molar-refractivity contribution is -0.0466. The van der Waals surface area contributed by atoms with E-state index in [1.807, 2.05) is 0 Å². The van der Waals surface area contributed by atoms with Crippen LogP contribution in [0.2, 0.25) is 0 Å². The predicted molar refractivity (Wildman–Crippen MR) is 113 cm³/mol. The number of carbonyl (C=O) groups is 1. The first-order valence-electron chi connectivity index (χ1n) is 9.16. The van der Waals surface area contributed by atoms with Crippen LogP contribution in [0.3, 0.4) is 0 Å². The smallest absolute Gasteiger partial charge is 0.277 e. The molecule has 2 aromatic heterocycles. The number of ether oxygens (including phenoxy) is 2. The van der Waals surface area contributed by atoms with Crippen molar-refractivity contribution < 1.29 is 14.3 Å². The van der Waals surface area contributed by atoms with E-state index in [-0.39, 0.29) is 23.6 Å². The molecule has 4 rings (SSSR count). The van der Waals surface area contributed by atoms with Gasteiger partial charge < -0.3 is 20.5 Å². The number of aryl methyl sites for hydroxylation is 1. The number of hydrogen-bond donors (Lipinski definition) is 2. The summed E-state index contributed by atoms with van der Waals surface area (Å²) in [5, 5.41) is 5.94. The molecule has 1 fully saturated rings. The Morgan fingerprint density at radius 2 is 2.28 bits per heavy atom. The molecule has 0 saturated carbocycles. The summed E-state index contributed by atoms with van der Waals surface area (Å²) in [4.78, 5) is 30.4. The fourth-order valence-electron chi connectivity index (χ4n) is 3.57. The van der Waals surface area contributed by atoms with Crippen LogP contribution in [0.1, 0.15) is 34.5 Å². The van der Waals surface area contributed by atoms with Gasteiger partial charge in [0.05, 0.1) is 31.7 Å². The van der Waals surface area contributed by atoms with Crippen LogP contribution < -0.4 is 15.8 Å². The van der Waals surface area contributed by atoms with Gasteiger partial charge in [-0.15, -0.1) is 11.3 Å². The zero-order chi connectivity index (χ0) is 20.6. The highest BCUT2D eigenvalue weighted by atomic mass is 32.2. The maximum Gasteiger partial charge on any atom is 0.277 e. The Morgan fingerprint density at radius 3 is 3.03 bits per heavy atom. The third-order valence-corrected chi connectivity index (χ3v) is 7.05. The van der Waals surface area contributed by atoms with Crippen LogP contribution in [0.4, 0.5) is 5.82 Å². The van der Waals surface area contributed by atoms with Crippen molar-refractivity contribution in [1.29, 1.82) is 0 Å². The fourth-order valence-corrected chi connectivity index (χ4v) is 5.54. The Labute approximate surface area is 176 Å². The second kappa shape index (κ2) is 7.88. The zero-order valence-corrected chi connectivity index (χ0v) is 18.0. The molecule has 1 saturated heterocycles. The lowest BCUT2D eigenvalue weighted by atomic mass is 9.80. The average molecular weight is 435 g/mol. The van der Waals surface area contributed by atoms with Crippen LogP contribution in [0.5, 0.6) is 5.88 Å². The number of aliphatic imine (C=N–C) groups is 1. The van der Waals surface area contributed by atoms with Crippen LogP contribution in [0, 0.1) is 12.8 Å². The number of anilines is 1. The number of nitrogens with one attached hydrogen (secondary N) is 1. The van der Waals surface area contributed by atoms with Gasteiger partial charge in [-0.1, -0.05) is 11.8 Å². The molecule has 11 heteroatoms. The van der Waals surface area contributed by atoms with Crippen molar-refractivity contribution in [3.05, 3.63) is 28.0 Å². The van der Waals surface area contributed by atoms with Crippen LogP contribution in [0.15, 0.2) is 16.6 Å². The van der Waals surface area contributed by atoms with Crippen molar-refractivity contribution in [1.82, 2.24) is 15.0 Å². The number of fused-ring (bicyclic) bond motifs is 1. The number of hydrogen-bond acceptors (Lipinski definition) is 10. The summed E-state index contributed by atoms with van der Waals surface area (Å²) in [6.45, 7) is 4.21. The minimum atomic E-state index is -0.592. The molecule has 154 valence electrons. The van der Waals surface area contributed by atoms with E-state index < -0.39 is 5.54 Å². The van der Waals surface area contributed by atoms with Crippen LogP contribution in [-0.4, -0.2) is 51.6 Å². The summed E-state index contributed by atoms with van der Waals surface area (Å²) < 4.78 is 11.0. The summed E-state index contributed by atoms with van der Waals surface area (Å²) in [6.07, 6.45) is 2.49. The van der Waals surface area contributed by atoms with Gasteiger partial charge >= 0.3 is 0 Å². The molecule has 3 atom stereocenters. The second-order valence-electron chi connectivity index (χ2n) is 7.08. The third-order valence-electron chi connectivity index (χ3n) is 5.09. The second-order valence-corrected chi connectivity index (χ2v) is 8.98. The first-order chi connectivity index (χ1) is 13.9. The quantitative estimate of drug-likeness (QED) is 0.750. The number of methoxy groups -OCH3 is 1. The van der Waals surface area contributed by atoms with Gasteiger partial charge in [0.15, 0.2) is 5.17 Å². The van der Waals surface area contributed by atoms with Crippen LogP contribution >= 0.6 is 23.1 Å².